The zero-order valence-corrected chi connectivity index (χ0v) is 51.0. The van der Waals surface area contributed by atoms with Gasteiger partial charge in [-0.2, -0.15) is 0 Å². The molecule has 27 heteroatoms. The Labute approximate surface area is 532 Å². The summed E-state index contributed by atoms with van der Waals surface area (Å²) in [4.78, 5) is 153. The van der Waals surface area contributed by atoms with E-state index in [1.807, 2.05) is 0 Å². The van der Waals surface area contributed by atoms with E-state index in [1.165, 1.54) is 12.1 Å². The van der Waals surface area contributed by atoms with E-state index in [0.29, 0.717) is 38.5 Å². The van der Waals surface area contributed by atoms with Gasteiger partial charge in [0.15, 0.2) is 5.75 Å². The summed E-state index contributed by atoms with van der Waals surface area (Å²) < 4.78 is 62.9. The van der Waals surface area contributed by atoms with E-state index in [4.69, 9.17) is 63.4 Å². The molecule has 1 heterocycles. The first-order chi connectivity index (χ1) is 44.4. The monoisotopic (exact) mass is 1290 g/mol. The second-order valence-corrected chi connectivity index (χ2v) is 21.5. The molecule has 0 atom stereocenters. The van der Waals surface area contributed by atoms with Crippen molar-refractivity contribution in [1.82, 2.24) is 0 Å². The molecule has 3 aliphatic rings. The molecule has 92 heavy (non-hydrogen) atoms. The third kappa shape index (κ3) is 23.4. The standard InChI is InChI=1S/C65H68N2O24S/c1-5-50(68)82-34-36-85-55(73)28-26-53(71)80-32-30-40-8-20-46(21-9-40)88-61(75)42-12-16-44(17-13-42)63(77)90-48-24-25-49(59-57(48)67-60(92-59)58(66-4)65(79)87-39-38-84-52(70)7-3)91-64(78)45-18-14-43(15-19-45)62(76)89-47-22-10-41(11-23-47)31-33-81-54(72)27-29-56(74)86-37-35-83-51(69)6-2/h5-11,20-25,42-45,67H,1-3,12-19,26-39H2/b60-58-. The van der Waals surface area contributed by atoms with E-state index in [0.717, 1.165) is 41.1 Å². The van der Waals surface area contributed by atoms with Crippen molar-refractivity contribution >= 4 is 89.1 Å². The van der Waals surface area contributed by atoms with Crippen molar-refractivity contribution < 1.29 is 114 Å². The maximum atomic E-state index is 13.8. The average molecular weight is 1290 g/mol. The van der Waals surface area contributed by atoms with Crippen LogP contribution in [0, 0.1) is 30.2 Å². The van der Waals surface area contributed by atoms with Crippen LogP contribution in [0.2, 0.25) is 0 Å². The topological polar surface area (TPSA) is 332 Å². The van der Waals surface area contributed by atoms with Gasteiger partial charge in [0.25, 0.3) is 5.70 Å². The Morgan fingerprint density at radius 3 is 1.13 bits per heavy atom. The van der Waals surface area contributed by atoms with Gasteiger partial charge in [-0.15, -0.1) is 0 Å². The highest BCUT2D eigenvalue weighted by Gasteiger charge is 2.37. The van der Waals surface area contributed by atoms with Crippen molar-refractivity contribution in [3.8, 4) is 23.0 Å². The molecule has 6 rings (SSSR count). The lowest BCUT2D eigenvalue weighted by Gasteiger charge is -2.26. The highest BCUT2D eigenvalue weighted by molar-refractivity contribution is 8.04. The molecule has 3 aromatic rings. The zero-order chi connectivity index (χ0) is 66.4. The Kier molecular flexibility index (Phi) is 28.7. The molecule has 3 aromatic carbocycles. The molecule has 0 unspecified atom stereocenters. The number of fused-ring (bicyclic) bond motifs is 1. The lowest BCUT2D eigenvalue weighted by atomic mass is 9.82. The molecule has 0 saturated heterocycles. The minimum Gasteiger partial charge on any atom is -0.467 e. The molecular formula is C65H68N2O24S. The predicted molar refractivity (Wildman–Crippen MR) is 320 cm³/mol. The summed E-state index contributed by atoms with van der Waals surface area (Å²) in [5.74, 6) is -9.60. The summed E-state index contributed by atoms with van der Waals surface area (Å²) >= 11 is 0.855. The second-order valence-electron chi connectivity index (χ2n) is 20.5. The molecule has 0 radical (unpaired) electrons. The number of anilines is 1. The number of carbonyl (C=O) groups is 12. The molecule has 1 aliphatic heterocycles. The number of nitrogens with one attached hydrogen (secondary N) is 1. The van der Waals surface area contributed by atoms with Crippen molar-refractivity contribution in [2.45, 2.75) is 94.8 Å². The number of rotatable bonds is 33. The van der Waals surface area contributed by atoms with Crippen LogP contribution >= 0.6 is 11.8 Å². The van der Waals surface area contributed by atoms with E-state index in [2.05, 4.69) is 29.9 Å². The lowest BCUT2D eigenvalue weighted by Crippen LogP contribution is -2.30. The van der Waals surface area contributed by atoms with Crippen LogP contribution in [0.15, 0.2) is 114 Å². The Morgan fingerprint density at radius 1 is 0.435 bits per heavy atom. The zero-order valence-electron chi connectivity index (χ0n) is 50.1. The molecular weight excluding hydrogens is 1220 g/mol. The van der Waals surface area contributed by atoms with Crippen LogP contribution in [0.25, 0.3) is 4.85 Å². The van der Waals surface area contributed by atoms with Gasteiger partial charge in [-0.25, -0.2) is 19.2 Å². The van der Waals surface area contributed by atoms with Gasteiger partial charge in [0.2, 0.25) is 0 Å². The third-order valence-electron chi connectivity index (χ3n) is 14.2. The maximum absolute atomic E-state index is 13.8. The van der Waals surface area contributed by atoms with Crippen LogP contribution < -0.4 is 24.3 Å². The van der Waals surface area contributed by atoms with Crippen molar-refractivity contribution in [3.05, 3.63) is 132 Å². The van der Waals surface area contributed by atoms with Gasteiger partial charge in [0, 0.05) is 31.1 Å². The molecule has 488 valence electrons. The summed E-state index contributed by atoms with van der Waals surface area (Å²) in [6, 6.07) is 16.1. The third-order valence-corrected chi connectivity index (χ3v) is 15.3. The Hall–Kier alpha value is -10.1. The summed E-state index contributed by atoms with van der Waals surface area (Å²) in [5.41, 5.74) is 1.17. The fourth-order valence-corrected chi connectivity index (χ4v) is 10.3. The largest absolute Gasteiger partial charge is 0.467 e. The van der Waals surface area contributed by atoms with Crippen LogP contribution in [0.3, 0.4) is 0 Å². The van der Waals surface area contributed by atoms with Crippen LogP contribution in [0.5, 0.6) is 23.0 Å². The summed E-state index contributed by atoms with van der Waals surface area (Å²) in [6.45, 7) is 16.4. The minimum atomic E-state index is -1.07. The molecule has 2 aliphatic carbocycles. The van der Waals surface area contributed by atoms with Crippen LogP contribution in [0.1, 0.15) is 88.2 Å². The van der Waals surface area contributed by atoms with E-state index in [1.54, 1.807) is 48.5 Å². The number of ether oxygens (including phenoxy) is 12. The van der Waals surface area contributed by atoms with Gasteiger partial charge in [-0.1, -0.05) is 55.8 Å². The van der Waals surface area contributed by atoms with Crippen LogP contribution in [-0.2, 0) is 108 Å². The first-order valence-electron chi connectivity index (χ1n) is 29.3. The van der Waals surface area contributed by atoms with Crippen molar-refractivity contribution in [2.24, 2.45) is 23.7 Å². The number of benzene rings is 3. The van der Waals surface area contributed by atoms with E-state index < -0.39 is 101 Å². The normalized spacial score (nSPS) is 16.7. The van der Waals surface area contributed by atoms with Gasteiger partial charge >= 0.3 is 71.6 Å². The molecule has 26 nitrogen and oxygen atoms in total. The Bertz CT molecular complexity index is 3110. The Balaban J connectivity index is 0.968. The first-order valence-corrected chi connectivity index (χ1v) is 30.1. The fourth-order valence-electron chi connectivity index (χ4n) is 9.21. The van der Waals surface area contributed by atoms with Crippen molar-refractivity contribution in [3.63, 3.8) is 0 Å². The predicted octanol–water partition coefficient (Wildman–Crippen LogP) is 7.48. The maximum Gasteiger partial charge on any atom is 0.339 e. The van der Waals surface area contributed by atoms with Gasteiger partial charge < -0.3 is 62.2 Å². The molecule has 2 saturated carbocycles. The number of hydrogen-bond acceptors (Lipinski definition) is 26. The molecule has 0 aromatic heterocycles. The molecule has 0 bridgehead atoms. The lowest BCUT2D eigenvalue weighted by molar-refractivity contribution is -0.152. The second kappa shape index (κ2) is 37.2. The Morgan fingerprint density at radius 2 is 0.761 bits per heavy atom. The average Bonchev–Trinajstić information content (AvgIpc) is 1.63. The molecule has 1 N–H and O–H groups in total. The van der Waals surface area contributed by atoms with Gasteiger partial charge in [0.1, 0.15) is 56.9 Å². The number of thioether (sulfide) groups is 1. The number of esters is 12. The smallest absolute Gasteiger partial charge is 0.339 e. The molecule has 2 fully saturated rings. The van der Waals surface area contributed by atoms with Crippen LogP contribution in [-0.4, -0.2) is 124 Å². The highest BCUT2D eigenvalue weighted by atomic mass is 32.2. The summed E-state index contributed by atoms with van der Waals surface area (Å²) in [7, 11) is 0. The van der Waals surface area contributed by atoms with Crippen LogP contribution in [0.4, 0.5) is 5.69 Å². The molecule has 0 spiro atoms. The quantitative estimate of drug-likeness (QED) is 0.0154. The van der Waals surface area contributed by atoms with Gasteiger partial charge in [0.05, 0.1) is 84.8 Å². The van der Waals surface area contributed by atoms with Gasteiger partial charge in [-0.3, -0.25) is 43.2 Å². The number of nitrogens with zero attached hydrogens (tertiary/aromatic N) is 1. The highest BCUT2D eigenvalue weighted by Crippen LogP contribution is 2.53. The SMILES string of the molecule is [C-]#[N+]/C(C(=O)OCCOC(=O)C=C)=C1/Nc2c(OC(=O)C3CCC(C(=O)Oc4ccc(CCOC(=O)CCC(=O)OCCOC(=O)C=C)cc4)CC3)ccc(OC(=O)C3CCC(C(=O)Oc4ccc(CCOC(=O)CCC(=O)OCCOC(=O)C=C)cc4)CC3)c2S1. The molecule has 0 amide bonds. The first kappa shape index (κ1) is 71.0. The van der Waals surface area contributed by atoms with Crippen molar-refractivity contribution in [2.75, 3.05) is 58.2 Å². The van der Waals surface area contributed by atoms with E-state index in [9.17, 15) is 57.5 Å². The summed E-state index contributed by atoms with van der Waals surface area (Å²) in [6.07, 6.45) is 5.05. The van der Waals surface area contributed by atoms with E-state index in [-0.39, 0.29) is 143 Å². The van der Waals surface area contributed by atoms with Gasteiger partial charge in [-0.05, 0) is 98.9 Å². The number of hydrogen-bond donors (Lipinski definition) is 1. The number of carbonyl (C=O) groups excluding carboxylic acids is 12. The fraction of sp³-hybridized carbons (Fsp3) is 0.400. The summed E-state index contributed by atoms with van der Waals surface area (Å²) in [5, 5.41) is 2.93. The van der Waals surface area contributed by atoms with Crippen molar-refractivity contribution in [1.29, 1.82) is 0 Å². The minimum absolute atomic E-state index is 0.0159. The van der Waals surface area contributed by atoms with E-state index >= 15 is 0 Å².